The minimum Gasteiger partial charge on any atom is -0.444 e. The van der Waals surface area contributed by atoms with Gasteiger partial charge in [-0.3, -0.25) is 9.80 Å². The van der Waals surface area contributed by atoms with Crippen LogP contribution in [-0.4, -0.2) is 61.6 Å². The lowest BCUT2D eigenvalue weighted by molar-refractivity contribution is 0.0218. The third kappa shape index (κ3) is 5.59. The third-order valence-electron chi connectivity index (χ3n) is 8.67. The number of allylic oxidation sites excluding steroid dienone is 2. The number of likely N-dealkylation sites (tertiary alicyclic amines) is 2. The van der Waals surface area contributed by atoms with Crippen molar-refractivity contribution in [3.8, 4) is 11.3 Å². The van der Waals surface area contributed by atoms with E-state index in [-0.39, 0.29) is 12.1 Å². The topological polar surface area (TPSA) is 90.1 Å². The third-order valence-corrected chi connectivity index (χ3v) is 8.67. The maximum atomic E-state index is 12.7. The van der Waals surface area contributed by atoms with Gasteiger partial charge in [0.2, 0.25) is 0 Å². The van der Waals surface area contributed by atoms with Crippen LogP contribution in [0.4, 0.5) is 4.79 Å². The Hall–Kier alpha value is -3.39. The van der Waals surface area contributed by atoms with Gasteiger partial charge >= 0.3 is 6.09 Å². The van der Waals surface area contributed by atoms with Crippen LogP contribution in [0.5, 0.6) is 0 Å². The second-order valence-electron chi connectivity index (χ2n) is 12.7. The quantitative estimate of drug-likeness (QED) is 0.363. The highest BCUT2D eigenvalue weighted by Crippen LogP contribution is 2.38. The number of imidazole rings is 2. The van der Waals surface area contributed by atoms with Crippen molar-refractivity contribution >= 4 is 11.7 Å². The minimum atomic E-state index is -0.509. The SMILES string of the molecule is CN1CCCC1c1ncc(C2=CCC(c3ccc(-c4cnc(C5CCCN5C(=O)OC(C)(C)C)[nH]4)cc3)CC2)[nH]1. The molecule has 0 spiro atoms. The molecule has 40 heavy (non-hydrogen) atoms. The molecule has 0 bridgehead atoms. The van der Waals surface area contributed by atoms with Gasteiger partial charge in [-0.05, 0) is 102 Å². The molecule has 8 heteroatoms. The summed E-state index contributed by atoms with van der Waals surface area (Å²) in [5.41, 5.74) is 5.54. The number of benzene rings is 1. The Bertz CT molecular complexity index is 1360. The molecular formula is C32H42N6O2. The van der Waals surface area contributed by atoms with Gasteiger partial charge < -0.3 is 14.7 Å². The Labute approximate surface area is 237 Å². The minimum absolute atomic E-state index is 0.0730. The van der Waals surface area contributed by atoms with Gasteiger partial charge in [-0.15, -0.1) is 0 Å². The maximum absolute atomic E-state index is 12.7. The molecule has 2 aromatic heterocycles. The molecular weight excluding hydrogens is 500 g/mol. The summed E-state index contributed by atoms with van der Waals surface area (Å²) in [5, 5.41) is 0. The second-order valence-corrected chi connectivity index (χ2v) is 12.7. The number of aromatic nitrogens is 4. The molecule has 8 nitrogen and oxygen atoms in total. The maximum Gasteiger partial charge on any atom is 0.410 e. The molecule has 3 aromatic rings. The van der Waals surface area contributed by atoms with Crippen LogP contribution in [-0.2, 0) is 4.74 Å². The zero-order valence-electron chi connectivity index (χ0n) is 24.2. The molecule has 1 amide bonds. The molecule has 2 fully saturated rings. The Kier molecular flexibility index (Phi) is 7.29. The van der Waals surface area contributed by atoms with Gasteiger partial charge in [0, 0.05) is 6.54 Å². The van der Waals surface area contributed by atoms with Crippen LogP contribution in [0.1, 0.15) is 107 Å². The fourth-order valence-corrected chi connectivity index (χ4v) is 6.48. The summed E-state index contributed by atoms with van der Waals surface area (Å²) in [7, 11) is 2.19. The van der Waals surface area contributed by atoms with Crippen LogP contribution in [0.15, 0.2) is 42.7 Å². The van der Waals surface area contributed by atoms with E-state index in [0.717, 1.165) is 61.6 Å². The summed E-state index contributed by atoms with van der Waals surface area (Å²) in [6.45, 7) is 7.55. The predicted octanol–water partition coefficient (Wildman–Crippen LogP) is 6.99. The van der Waals surface area contributed by atoms with Gasteiger partial charge in [0.25, 0.3) is 0 Å². The van der Waals surface area contributed by atoms with Gasteiger partial charge in [-0.25, -0.2) is 14.8 Å². The summed E-state index contributed by atoms with van der Waals surface area (Å²) in [5.74, 6) is 2.47. The lowest BCUT2D eigenvalue weighted by Crippen LogP contribution is -2.36. The van der Waals surface area contributed by atoms with E-state index < -0.39 is 5.60 Å². The van der Waals surface area contributed by atoms with Crippen LogP contribution in [0.25, 0.3) is 16.8 Å². The average molecular weight is 543 g/mol. The number of ether oxygens (including phenoxy) is 1. The average Bonchev–Trinajstić information content (AvgIpc) is 3.74. The number of hydrogen-bond acceptors (Lipinski definition) is 5. The Morgan fingerprint density at radius 2 is 1.60 bits per heavy atom. The molecule has 3 aliphatic rings. The van der Waals surface area contributed by atoms with Gasteiger partial charge in [-0.2, -0.15) is 0 Å². The van der Waals surface area contributed by atoms with Gasteiger partial charge in [-0.1, -0.05) is 30.3 Å². The van der Waals surface area contributed by atoms with E-state index >= 15 is 0 Å². The molecule has 1 aliphatic carbocycles. The van der Waals surface area contributed by atoms with Gasteiger partial charge in [0.15, 0.2) is 0 Å². The van der Waals surface area contributed by atoms with Crippen LogP contribution >= 0.6 is 0 Å². The number of carbonyl (C=O) groups is 1. The molecule has 2 saturated heterocycles. The summed E-state index contributed by atoms with van der Waals surface area (Å²) >= 11 is 0. The Balaban J connectivity index is 1.09. The molecule has 4 heterocycles. The monoisotopic (exact) mass is 542 g/mol. The number of carbonyl (C=O) groups excluding carboxylic acids is 1. The van der Waals surface area contributed by atoms with Crippen molar-refractivity contribution in [3.05, 3.63) is 65.6 Å². The number of nitrogens with zero attached hydrogens (tertiary/aromatic N) is 4. The van der Waals surface area contributed by atoms with E-state index in [2.05, 4.69) is 57.2 Å². The number of hydrogen-bond donors (Lipinski definition) is 2. The van der Waals surface area contributed by atoms with E-state index in [0.29, 0.717) is 18.5 Å². The molecule has 3 unspecified atom stereocenters. The lowest BCUT2D eigenvalue weighted by atomic mass is 9.83. The van der Waals surface area contributed by atoms with Crippen molar-refractivity contribution in [2.75, 3.05) is 20.1 Å². The zero-order valence-corrected chi connectivity index (χ0v) is 24.2. The largest absolute Gasteiger partial charge is 0.444 e. The zero-order chi connectivity index (χ0) is 27.9. The lowest BCUT2D eigenvalue weighted by Gasteiger charge is -2.27. The van der Waals surface area contributed by atoms with Crippen molar-refractivity contribution in [2.24, 2.45) is 0 Å². The molecule has 6 rings (SSSR count). The number of nitrogens with one attached hydrogen (secondary N) is 2. The normalized spacial score (nSPS) is 23.9. The molecule has 0 saturated carbocycles. The van der Waals surface area contributed by atoms with E-state index in [1.807, 2.05) is 33.2 Å². The van der Waals surface area contributed by atoms with Crippen LogP contribution in [0, 0.1) is 0 Å². The van der Waals surface area contributed by atoms with Crippen molar-refractivity contribution in [2.45, 2.75) is 89.3 Å². The van der Waals surface area contributed by atoms with E-state index in [1.54, 1.807) is 4.90 Å². The van der Waals surface area contributed by atoms with E-state index in [9.17, 15) is 4.79 Å². The first-order chi connectivity index (χ1) is 19.2. The fourth-order valence-electron chi connectivity index (χ4n) is 6.48. The second kappa shape index (κ2) is 10.9. The van der Waals surface area contributed by atoms with Crippen LogP contribution in [0.3, 0.4) is 0 Å². The molecule has 212 valence electrons. The standard InChI is InChI=1S/C32H42N6O2/c1-32(2,3)40-31(39)38-18-6-8-28(38)30-34-20-26(36-30)24-15-11-22(12-16-24)21-9-13-23(14-10-21)25-19-33-29(35-25)27-7-5-17-37(27)4/h11-13,15-16,19-21,27-28H,5-10,14,17-18H2,1-4H3,(H,33,35)(H,34,36). The fraction of sp³-hybridized carbons (Fsp3) is 0.531. The number of amides is 1. The van der Waals surface area contributed by atoms with Gasteiger partial charge in [0.05, 0.1) is 35.9 Å². The molecule has 0 radical (unpaired) electrons. The first kappa shape index (κ1) is 26.8. The van der Waals surface area contributed by atoms with E-state index in [1.165, 1.54) is 29.7 Å². The Morgan fingerprint density at radius 1 is 0.925 bits per heavy atom. The number of aromatic amines is 2. The van der Waals surface area contributed by atoms with Crippen molar-refractivity contribution in [1.82, 2.24) is 29.7 Å². The summed E-state index contributed by atoms with van der Waals surface area (Å²) in [6, 6.07) is 9.24. The van der Waals surface area contributed by atoms with Gasteiger partial charge in [0.1, 0.15) is 17.2 Å². The number of H-pyrrole nitrogens is 2. The molecule has 2 N–H and O–H groups in total. The van der Waals surface area contributed by atoms with Crippen LogP contribution in [0.2, 0.25) is 0 Å². The highest BCUT2D eigenvalue weighted by Gasteiger charge is 2.35. The molecule has 3 atom stereocenters. The molecule has 2 aliphatic heterocycles. The van der Waals surface area contributed by atoms with Crippen molar-refractivity contribution < 1.29 is 9.53 Å². The highest BCUT2D eigenvalue weighted by molar-refractivity contribution is 5.69. The van der Waals surface area contributed by atoms with E-state index in [4.69, 9.17) is 9.72 Å². The van der Waals surface area contributed by atoms with Crippen molar-refractivity contribution in [3.63, 3.8) is 0 Å². The predicted molar refractivity (Wildman–Crippen MR) is 157 cm³/mol. The Morgan fingerprint density at radius 3 is 2.27 bits per heavy atom. The van der Waals surface area contributed by atoms with Crippen LogP contribution < -0.4 is 0 Å². The first-order valence-electron chi connectivity index (χ1n) is 14.8. The highest BCUT2D eigenvalue weighted by atomic mass is 16.6. The molecule has 1 aromatic carbocycles. The number of rotatable bonds is 5. The summed E-state index contributed by atoms with van der Waals surface area (Å²) < 4.78 is 5.63. The van der Waals surface area contributed by atoms with Crippen molar-refractivity contribution in [1.29, 1.82) is 0 Å². The summed E-state index contributed by atoms with van der Waals surface area (Å²) in [4.78, 5) is 33.4. The first-order valence-corrected chi connectivity index (χ1v) is 14.8. The smallest absolute Gasteiger partial charge is 0.410 e. The summed E-state index contributed by atoms with van der Waals surface area (Å²) in [6.07, 6.45) is 13.6.